The summed E-state index contributed by atoms with van der Waals surface area (Å²) in [6, 6.07) is 5.61. The molecule has 0 unspecified atom stereocenters. The summed E-state index contributed by atoms with van der Waals surface area (Å²) in [7, 11) is -2.11. The third-order valence-corrected chi connectivity index (χ3v) is 5.66. The highest BCUT2D eigenvalue weighted by Gasteiger charge is 2.29. The number of sulfonamides is 1. The third kappa shape index (κ3) is 5.45. The average Bonchev–Trinajstić information content (AvgIpc) is 2.88. The number of nitrogens with one attached hydrogen (secondary N) is 1. The molecule has 0 aromatic heterocycles. The Morgan fingerprint density at radius 2 is 1.73 bits per heavy atom. The zero-order valence-electron chi connectivity index (χ0n) is 15.6. The largest absolute Gasteiger partial charge is 0.497 e. The fraction of sp³-hybridized carbons (Fsp3) is 0.556. The predicted molar refractivity (Wildman–Crippen MR) is 103 cm³/mol. The first kappa shape index (κ1) is 20.2. The second-order valence-corrected chi connectivity index (χ2v) is 8.36. The van der Waals surface area contributed by atoms with Crippen LogP contribution in [-0.2, 0) is 14.8 Å². The van der Waals surface area contributed by atoms with Crippen LogP contribution in [0.2, 0.25) is 0 Å². The van der Waals surface area contributed by atoms with Crippen molar-refractivity contribution in [1.82, 2.24) is 5.43 Å². The molecule has 1 saturated carbocycles. The summed E-state index contributed by atoms with van der Waals surface area (Å²) in [5.74, 6) is 0.155. The first-order chi connectivity index (χ1) is 12.3. The van der Waals surface area contributed by atoms with Gasteiger partial charge in [-0.3, -0.25) is 9.10 Å². The van der Waals surface area contributed by atoms with Gasteiger partial charge < -0.3 is 4.74 Å². The quantitative estimate of drug-likeness (QED) is 0.606. The lowest BCUT2D eigenvalue weighted by atomic mass is 10.2. The van der Waals surface area contributed by atoms with E-state index in [0.717, 1.165) is 42.0 Å². The van der Waals surface area contributed by atoms with Gasteiger partial charge in [-0.2, -0.15) is 5.10 Å². The molecule has 1 fully saturated rings. The van der Waals surface area contributed by atoms with Crippen LogP contribution in [0.1, 0.15) is 45.4 Å². The van der Waals surface area contributed by atoms with E-state index in [4.69, 9.17) is 4.74 Å². The Labute approximate surface area is 155 Å². The van der Waals surface area contributed by atoms with Crippen molar-refractivity contribution in [2.75, 3.05) is 17.7 Å². The minimum Gasteiger partial charge on any atom is -0.497 e. The molecule has 7 nitrogen and oxygen atoms in total. The second kappa shape index (κ2) is 9.02. The highest BCUT2D eigenvalue weighted by molar-refractivity contribution is 7.92. The van der Waals surface area contributed by atoms with Crippen molar-refractivity contribution < 1.29 is 17.9 Å². The van der Waals surface area contributed by atoms with Crippen LogP contribution >= 0.6 is 0 Å². The molecule has 0 heterocycles. The Hall–Kier alpha value is -2.09. The number of carbonyl (C=O) groups excluding carboxylic acids is 1. The molecular weight excluding hydrogens is 354 g/mol. The minimum absolute atomic E-state index is 0.401. The molecule has 0 bridgehead atoms. The SMILES string of the molecule is COc1ccc(N([C@@H](C)C(=O)NN=C2CCCCCC2)S(C)(=O)=O)cc1. The molecule has 1 atom stereocenters. The molecule has 0 saturated heterocycles. The van der Waals surface area contributed by atoms with Crippen molar-refractivity contribution in [3.05, 3.63) is 24.3 Å². The maximum atomic E-state index is 12.5. The summed E-state index contributed by atoms with van der Waals surface area (Å²) in [6.45, 7) is 1.55. The predicted octanol–water partition coefficient (Wildman–Crippen LogP) is 2.68. The number of carbonyl (C=O) groups is 1. The molecule has 1 aliphatic carbocycles. The van der Waals surface area contributed by atoms with Crippen molar-refractivity contribution in [2.24, 2.45) is 5.10 Å². The molecule has 8 heteroatoms. The molecule has 2 rings (SSSR count). The highest BCUT2D eigenvalue weighted by Crippen LogP contribution is 2.24. The van der Waals surface area contributed by atoms with Gasteiger partial charge in [-0.1, -0.05) is 12.8 Å². The number of methoxy groups -OCH3 is 1. The summed E-state index contributed by atoms with van der Waals surface area (Å²) in [5.41, 5.74) is 3.91. The van der Waals surface area contributed by atoms with E-state index in [1.807, 2.05) is 0 Å². The summed E-state index contributed by atoms with van der Waals surface area (Å²) >= 11 is 0. The maximum absolute atomic E-state index is 12.5. The van der Waals surface area contributed by atoms with E-state index in [9.17, 15) is 13.2 Å². The van der Waals surface area contributed by atoms with Crippen molar-refractivity contribution in [2.45, 2.75) is 51.5 Å². The molecule has 0 radical (unpaired) electrons. The molecular formula is C18H27N3O4S. The molecule has 26 heavy (non-hydrogen) atoms. The lowest BCUT2D eigenvalue weighted by Gasteiger charge is -2.27. The van der Waals surface area contributed by atoms with Crippen molar-refractivity contribution in [3.63, 3.8) is 0 Å². The van der Waals surface area contributed by atoms with Crippen molar-refractivity contribution >= 4 is 27.3 Å². The molecule has 0 spiro atoms. The number of anilines is 1. The number of nitrogens with zero attached hydrogens (tertiary/aromatic N) is 2. The molecule has 1 N–H and O–H groups in total. The second-order valence-electron chi connectivity index (χ2n) is 6.50. The normalized spacial score (nSPS) is 16.3. The van der Waals surface area contributed by atoms with Gasteiger partial charge in [0.1, 0.15) is 11.8 Å². The van der Waals surface area contributed by atoms with E-state index < -0.39 is 22.0 Å². The zero-order valence-corrected chi connectivity index (χ0v) is 16.4. The van der Waals surface area contributed by atoms with Crippen LogP contribution in [0.3, 0.4) is 0 Å². The van der Waals surface area contributed by atoms with Gasteiger partial charge in [0.05, 0.1) is 19.1 Å². The lowest BCUT2D eigenvalue weighted by molar-refractivity contribution is -0.121. The van der Waals surface area contributed by atoms with Crippen LogP contribution in [0, 0.1) is 0 Å². The number of ether oxygens (including phenoxy) is 1. The fourth-order valence-corrected chi connectivity index (χ4v) is 4.19. The summed E-state index contributed by atoms with van der Waals surface area (Å²) in [6.07, 6.45) is 7.35. The van der Waals surface area contributed by atoms with Crippen LogP contribution in [0.4, 0.5) is 5.69 Å². The van der Waals surface area contributed by atoms with Crippen molar-refractivity contribution in [1.29, 1.82) is 0 Å². The van der Waals surface area contributed by atoms with Gasteiger partial charge in [0.2, 0.25) is 10.0 Å². The van der Waals surface area contributed by atoms with Crippen LogP contribution in [0.5, 0.6) is 5.75 Å². The number of benzene rings is 1. The number of rotatable bonds is 6. The monoisotopic (exact) mass is 381 g/mol. The number of hydrazone groups is 1. The number of amides is 1. The van der Waals surface area contributed by atoms with Gasteiger partial charge in [-0.25, -0.2) is 13.8 Å². The summed E-state index contributed by atoms with van der Waals surface area (Å²) < 4.78 is 30.7. The lowest BCUT2D eigenvalue weighted by Crippen LogP contribution is -2.46. The Morgan fingerprint density at radius 3 is 2.23 bits per heavy atom. The third-order valence-electron chi connectivity index (χ3n) is 4.42. The van der Waals surface area contributed by atoms with Crippen LogP contribution in [0.15, 0.2) is 29.4 Å². The van der Waals surface area contributed by atoms with Gasteiger partial charge in [-0.15, -0.1) is 0 Å². The number of hydrogen-bond acceptors (Lipinski definition) is 5. The smallest absolute Gasteiger partial charge is 0.263 e. The van der Waals surface area contributed by atoms with E-state index in [1.54, 1.807) is 31.2 Å². The first-order valence-electron chi connectivity index (χ1n) is 8.81. The molecule has 1 amide bonds. The summed E-state index contributed by atoms with van der Waals surface area (Å²) in [5, 5.41) is 4.23. The first-order valence-corrected chi connectivity index (χ1v) is 10.7. The van der Waals surface area contributed by atoms with Crippen LogP contribution < -0.4 is 14.5 Å². The highest BCUT2D eigenvalue weighted by atomic mass is 32.2. The van der Waals surface area contributed by atoms with Gasteiger partial charge in [0.25, 0.3) is 5.91 Å². The Balaban J connectivity index is 2.16. The minimum atomic E-state index is -3.65. The molecule has 1 aromatic carbocycles. The van der Waals surface area contributed by atoms with Gasteiger partial charge in [0, 0.05) is 5.71 Å². The standard InChI is InChI=1S/C18H27N3O4S/c1-14(18(22)20-19-15-8-6-4-5-7-9-15)21(26(3,23)24)16-10-12-17(25-2)13-11-16/h10-14H,4-9H2,1-3H3,(H,20,22)/t14-/m0/s1. The molecule has 1 aliphatic rings. The topological polar surface area (TPSA) is 88.1 Å². The van der Waals surface area contributed by atoms with Crippen LogP contribution in [0.25, 0.3) is 0 Å². The molecule has 1 aromatic rings. The Bertz CT molecular complexity index is 734. The maximum Gasteiger partial charge on any atom is 0.263 e. The zero-order chi connectivity index (χ0) is 19.2. The molecule has 144 valence electrons. The van der Waals surface area contributed by atoms with E-state index in [0.29, 0.717) is 11.4 Å². The Kier molecular flexibility index (Phi) is 7.02. The van der Waals surface area contributed by atoms with Gasteiger partial charge in [-0.05, 0) is 56.9 Å². The summed E-state index contributed by atoms with van der Waals surface area (Å²) in [4.78, 5) is 12.5. The van der Waals surface area contributed by atoms with E-state index in [1.165, 1.54) is 20.0 Å². The fourth-order valence-electron chi connectivity index (χ4n) is 3.01. The van der Waals surface area contributed by atoms with Gasteiger partial charge >= 0.3 is 0 Å². The average molecular weight is 381 g/mol. The number of hydrogen-bond donors (Lipinski definition) is 1. The van der Waals surface area contributed by atoms with Crippen LogP contribution in [-0.4, -0.2) is 39.4 Å². The Morgan fingerprint density at radius 1 is 1.15 bits per heavy atom. The van der Waals surface area contributed by atoms with E-state index >= 15 is 0 Å². The van der Waals surface area contributed by atoms with Gasteiger partial charge in [0.15, 0.2) is 0 Å². The van der Waals surface area contributed by atoms with E-state index in [2.05, 4.69) is 10.5 Å². The van der Waals surface area contributed by atoms with E-state index in [-0.39, 0.29) is 0 Å². The molecule has 0 aliphatic heterocycles. The van der Waals surface area contributed by atoms with Crippen molar-refractivity contribution in [3.8, 4) is 5.75 Å².